The molecule has 1 unspecified atom stereocenters. The Hall–Kier alpha value is -3.72. The lowest BCUT2D eigenvalue weighted by molar-refractivity contribution is 0.0788. The highest BCUT2D eigenvalue weighted by Gasteiger charge is 2.27. The molecule has 3 aromatic rings. The zero-order valence-electron chi connectivity index (χ0n) is 15.2. The van der Waals surface area contributed by atoms with Crippen molar-refractivity contribution in [1.82, 2.24) is 4.90 Å². The summed E-state index contributed by atoms with van der Waals surface area (Å²) in [7, 11) is 0. The molecule has 3 aromatic carbocycles. The van der Waals surface area contributed by atoms with E-state index in [2.05, 4.69) is 0 Å². The Balaban J connectivity index is 1.73. The zero-order valence-corrected chi connectivity index (χ0v) is 15.2. The smallest absolute Gasteiger partial charge is 0.258 e. The quantitative estimate of drug-likeness (QED) is 0.596. The minimum absolute atomic E-state index is 0.103. The van der Waals surface area contributed by atoms with E-state index in [0.29, 0.717) is 16.7 Å². The number of benzene rings is 3. The number of Topliss-reactive ketones (excluding diaryl/α,β-unsaturated/α-hetero) is 1. The average Bonchev–Trinajstić information content (AvgIpc) is 2.79. The lowest BCUT2D eigenvalue weighted by Gasteiger charge is -2.30. The second kappa shape index (κ2) is 7.89. The normalized spacial score (nSPS) is 15.8. The van der Waals surface area contributed by atoms with E-state index in [1.54, 1.807) is 35.4 Å². The third-order valence-corrected chi connectivity index (χ3v) is 4.73. The van der Waals surface area contributed by atoms with E-state index in [1.807, 2.05) is 78.9 Å². The first-order valence-corrected chi connectivity index (χ1v) is 9.16. The van der Waals surface area contributed by atoms with Crippen LogP contribution in [-0.2, 0) is 0 Å². The minimum atomic E-state index is -0.263. The standard InChI is InChI=1S/C25H19NO2/c27-24(20-12-6-2-7-13-20)22-16-17-23(19-10-4-1-5-11-19)26(18-22)25(28)21-14-8-3-9-15-21/h1-18,23H. The summed E-state index contributed by atoms with van der Waals surface area (Å²) in [6.45, 7) is 0. The number of hydrogen-bond donors (Lipinski definition) is 0. The number of rotatable bonds is 4. The molecule has 0 bridgehead atoms. The molecule has 0 spiro atoms. The van der Waals surface area contributed by atoms with Crippen molar-refractivity contribution in [2.75, 3.05) is 0 Å². The fourth-order valence-corrected chi connectivity index (χ4v) is 3.29. The number of amides is 1. The van der Waals surface area contributed by atoms with Crippen LogP contribution in [0.4, 0.5) is 0 Å². The van der Waals surface area contributed by atoms with Gasteiger partial charge in [-0.2, -0.15) is 0 Å². The van der Waals surface area contributed by atoms with Crippen molar-refractivity contribution in [3.05, 3.63) is 132 Å². The van der Waals surface area contributed by atoms with Gasteiger partial charge in [0.05, 0.1) is 6.04 Å². The van der Waals surface area contributed by atoms with Crippen LogP contribution in [-0.4, -0.2) is 16.6 Å². The Morgan fingerprint density at radius 2 is 1.21 bits per heavy atom. The Morgan fingerprint density at radius 1 is 0.679 bits per heavy atom. The second-order valence-corrected chi connectivity index (χ2v) is 6.57. The van der Waals surface area contributed by atoms with Gasteiger partial charge in [0.1, 0.15) is 0 Å². The molecule has 4 rings (SSSR count). The first-order chi connectivity index (χ1) is 13.7. The maximum Gasteiger partial charge on any atom is 0.258 e. The molecule has 3 heteroatoms. The van der Waals surface area contributed by atoms with Crippen LogP contribution in [0, 0.1) is 0 Å². The molecule has 0 N–H and O–H groups in total. The van der Waals surface area contributed by atoms with Crippen LogP contribution >= 0.6 is 0 Å². The molecule has 0 radical (unpaired) electrons. The lowest BCUT2D eigenvalue weighted by Crippen LogP contribution is -2.32. The molecular weight excluding hydrogens is 346 g/mol. The Morgan fingerprint density at radius 3 is 1.82 bits per heavy atom. The fraction of sp³-hybridized carbons (Fsp3) is 0.0400. The molecule has 0 saturated carbocycles. The molecule has 136 valence electrons. The summed E-state index contributed by atoms with van der Waals surface area (Å²) in [6, 6.07) is 27.8. The molecule has 3 nitrogen and oxygen atoms in total. The third-order valence-electron chi connectivity index (χ3n) is 4.73. The zero-order chi connectivity index (χ0) is 19.3. The summed E-state index contributed by atoms with van der Waals surface area (Å²) >= 11 is 0. The number of carbonyl (C=O) groups excluding carboxylic acids is 2. The van der Waals surface area contributed by atoms with E-state index in [0.717, 1.165) is 5.56 Å². The van der Waals surface area contributed by atoms with Gasteiger partial charge < -0.3 is 4.90 Å². The highest BCUT2D eigenvalue weighted by atomic mass is 16.2. The van der Waals surface area contributed by atoms with Crippen molar-refractivity contribution in [2.45, 2.75) is 6.04 Å². The molecule has 1 aliphatic heterocycles. The Labute approximate surface area is 164 Å². The highest BCUT2D eigenvalue weighted by Crippen LogP contribution is 2.30. The molecule has 0 aromatic heterocycles. The van der Waals surface area contributed by atoms with Gasteiger partial charge >= 0.3 is 0 Å². The van der Waals surface area contributed by atoms with Crippen molar-refractivity contribution in [3.8, 4) is 0 Å². The highest BCUT2D eigenvalue weighted by molar-refractivity contribution is 6.11. The summed E-state index contributed by atoms with van der Waals surface area (Å²) in [4.78, 5) is 27.8. The topological polar surface area (TPSA) is 37.4 Å². The van der Waals surface area contributed by atoms with Gasteiger partial charge in [-0.1, -0.05) is 91.0 Å². The first-order valence-electron chi connectivity index (χ1n) is 9.16. The number of ketones is 1. The van der Waals surface area contributed by atoms with Crippen LogP contribution < -0.4 is 0 Å². The van der Waals surface area contributed by atoms with Crippen molar-refractivity contribution >= 4 is 11.7 Å². The molecule has 0 saturated heterocycles. The summed E-state index contributed by atoms with van der Waals surface area (Å²) in [5, 5.41) is 0. The van der Waals surface area contributed by atoms with Crippen LogP contribution in [0.25, 0.3) is 0 Å². The fourth-order valence-electron chi connectivity index (χ4n) is 3.29. The molecule has 0 fully saturated rings. The molecule has 1 heterocycles. The minimum Gasteiger partial charge on any atom is -0.303 e. The van der Waals surface area contributed by atoms with Gasteiger partial charge in [0, 0.05) is 22.9 Å². The van der Waals surface area contributed by atoms with Crippen molar-refractivity contribution in [1.29, 1.82) is 0 Å². The Bertz CT molecular complexity index is 1040. The van der Waals surface area contributed by atoms with Crippen LogP contribution in [0.15, 0.2) is 115 Å². The Kier molecular flexibility index (Phi) is 4.98. The third kappa shape index (κ3) is 3.55. The van der Waals surface area contributed by atoms with Crippen LogP contribution in [0.5, 0.6) is 0 Å². The van der Waals surface area contributed by atoms with E-state index in [9.17, 15) is 9.59 Å². The lowest BCUT2D eigenvalue weighted by atomic mass is 9.96. The van der Waals surface area contributed by atoms with E-state index in [1.165, 1.54) is 0 Å². The largest absolute Gasteiger partial charge is 0.303 e. The van der Waals surface area contributed by atoms with Gasteiger partial charge in [-0.05, 0) is 17.7 Å². The summed E-state index contributed by atoms with van der Waals surface area (Å²) in [5.74, 6) is -0.244. The van der Waals surface area contributed by atoms with E-state index in [4.69, 9.17) is 0 Å². The summed E-state index contributed by atoms with van der Waals surface area (Å²) < 4.78 is 0. The predicted molar refractivity (Wildman–Crippen MR) is 110 cm³/mol. The first kappa shape index (κ1) is 17.7. The number of hydrogen-bond acceptors (Lipinski definition) is 2. The number of nitrogens with zero attached hydrogens (tertiary/aromatic N) is 1. The van der Waals surface area contributed by atoms with Crippen LogP contribution in [0.1, 0.15) is 32.3 Å². The number of carbonyl (C=O) groups is 2. The van der Waals surface area contributed by atoms with E-state index >= 15 is 0 Å². The monoisotopic (exact) mass is 365 g/mol. The van der Waals surface area contributed by atoms with Crippen LogP contribution in [0.3, 0.4) is 0 Å². The predicted octanol–water partition coefficient (Wildman–Crippen LogP) is 5.21. The van der Waals surface area contributed by atoms with Gasteiger partial charge in [0.25, 0.3) is 5.91 Å². The molecular formula is C25H19NO2. The van der Waals surface area contributed by atoms with Gasteiger partial charge in [0.15, 0.2) is 5.78 Å². The van der Waals surface area contributed by atoms with Crippen LogP contribution in [0.2, 0.25) is 0 Å². The molecule has 1 atom stereocenters. The average molecular weight is 365 g/mol. The summed E-state index contributed by atoms with van der Waals surface area (Å²) in [5.41, 5.74) is 2.67. The van der Waals surface area contributed by atoms with Gasteiger partial charge in [-0.25, -0.2) is 0 Å². The van der Waals surface area contributed by atoms with Gasteiger partial charge in [0.2, 0.25) is 0 Å². The van der Waals surface area contributed by atoms with E-state index in [-0.39, 0.29) is 17.7 Å². The van der Waals surface area contributed by atoms with Gasteiger partial charge in [-0.3, -0.25) is 9.59 Å². The SMILES string of the molecule is O=C(C1=CN(C(=O)c2ccccc2)C(c2ccccc2)C=C1)c1ccccc1. The molecule has 1 aliphatic rings. The van der Waals surface area contributed by atoms with E-state index < -0.39 is 0 Å². The van der Waals surface area contributed by atoms with Gasteiger partial charge in [-0.15, -0.1) is 0 Å². The molecule has 0 aliphatic carbocycles. The summed E-state index contributed by atoms with van der Waals surface area (Å²) in [6.07, 6.45) is 5.39. The maximum atomic E-state index is 13.2. The molecule has 1 amide bonds. The van der Waals surface area contributed by atoms with Crippen molar-refractivity contribution in [3.63, 3.8) is 0 Å². The van der Waals surface area contributed by atoms with Crippen molar-refractivity contribution in [2.24, 2.45) is 0 Å². The number of allylic oxidation sites excluding steroid dienone is 2. The maximum absolute atomic E-state index is 13.2. The second-order valence-electron chi connectivity index (χ2n) is 6.57. The van der Waals surface area contributed by atoms with Crippen molar-refractivity contribution < 1.29 is 9.59 Å². The molecule has 28 heavy (non-hydrogen) atoms.